The molecule has 11 nitrogen and oxygen atoms in total. The Morgan fingerprint density at radius 1 is 1.30 bits per heavy atom. The van der Waals surface area contributed by atoms with Crippen molar-refractivity contribution in [2.24, 2.45) is 0 Å². The summed E-state index contributed by atoms with van der Waals surface area (Å²) in [6.45, 7) is 1.84. The van der Waals surface area contributed by atoms with E-state index in [1.165, 1.54) is 43.5 Å². The summed E-state index contributed by atoms with van der Waals surface area (Å²) in [5.41, 5.74) is -0.00594. The average molecular weight is 415 g/mol. The van der Waals surface area contributed by atoms with Gasteiger partial charge in [0.05, 0.1) is 25.2 Å². The molecule has 0 spiro atoms. The van der Waals surface area contributed by atoms with Gasteiger partial charge < -0.3 is 19.2 Å². The molecule has 0 bridgehead atoms. The normalized spacial score (nSPS) is 14.7. The van der Waals surface area contributed by atoms with Crippen LogP contribution in [-0.2, 0) is 16.1 Å². The van der Waals surface area contributed by atoms with Crippen molar-refractivity contribution >= 4 is 29.7 Å². The van der Waals surface area contributed by atoms with E-state index in [0.29, 0.717) is 12.4 Å². The molecule has 1 saturated heterocycles. The second-order valence-electron chi connectivity index (χ2n) is 6.05. The first-order valence-corrected chi connectivity index (χ1v) is 8.76. The van der Waals surface area contributed by atoms with Crippen molar-refractivity contribution in [2.45, 2.75) is 13.5 Å². The van der Waals surface area contributed by atoms with E-state index in [2.05, 4.69) is 10.1 Å². The number of carbonyl (C=O) groups is 3. The highest BCUT2D eigenvalue weighted by Gasteiger charge is 2.34. The zero-order chi connectivity index (χ0) is 21.8. The minimum atomic E-state index is -0.703. The summed E-state index contributed by atoms with van der Waals surface area (Å²) in [7, 11) is 1.20. The molecule has 0 unspecified atom stereocenters. The number of nitro benzene ring substituents is 1. The fraction of sp³-hybridized carbons (Fsp3) is 0.211. The lowest BCUT2D eigenvalue weighted by Crippen LogP contribution is -2.30. The number of amides is 3. The predicted molar refractivity (Wildman–Crippen MR) is 101 cm³/mol. The van der Waals surface area contributed by atoms with Gasteiger partial charge in [-0.2, -0.15) is 0 Å². The number of benzene rings is 1. The molecule has 3 rings (SSSR count). The maximum absolute atomic E-state index is 12.7. The number of non-ortho nitro benzene ring substituents is 1. The number of carbonyl (C=O) groups excluding carboxylic acids is 3. The predicted octanol–water partition coefficient (Wildman–Crippen LogP) is 2.47. The van der Waals surface area contributed by atoms with Crippen LogP contribution in [0.2, 0.25) is 0 Å². The molecule has 2 heterocycles. The third-order valence-corrected chi connectivity index (χ3v) is 4.13. The topological polar surface area (TPSA) is 141 Å². The summed E-state index contributed by atoms with van der Waals surface area (Å²) >= 11 is 0. The van der Waals surface area contributed by atoms with Crippen LogP contribution in [0.15, 0.2) is 40.4 Å². The average Bonchev–Trinajstić information content (AvgIpc) is 3.29. The molecule has 0 aliphatic carbocycles. The SMILES string of the molecule is CCOc1ccc([N+](=O)[O-])cc1C=C1NC(=O)N(Cc2ccc(C(=O)OC)o2)C1=O. The molecule has 1 N–H and O–H groups in total. The van der Waals surface area contributed by atoms with E-state index in [1.54, 1.807) is 6.92 Å². The quantitative estimate of drug-likeness (QED) is 0.239. The Morgan fingerprint density at radius 2 is 2.07 bits per heavy atom. The van der Waals surface area contributed by atoms with Crippen molar-refractivity contribution in [3.05, 3.63) is 63.2 Å². The minimum absolute atomic E-state index is 0.0618. The summed E-state index contributed by atoms with van der Waals surface area (Å²) in [5, 5.41) is 13.5. The van der Waals surface area contributed by atoms with E-state index in [1.807, 2.05) is 0 Å². The molecule has 3 amide bonds. The van der Waals surface area contributed by atoms with Crippen LogP contribution in [-0.4, -0.2) is 41.4 Å². The molecule has 0 atom stereocenters. The van der Waals surface area contributed by atoms with E-state index >= 15 is 0 Å². The summed E-state index contributed by atoms with van der Waals surface area (Å²) in [5.74, 6) is -0.887. The van der Waals surface area contributed by atoms with Crippen molar-refractivity contribution in [1.82, 2.24) is 10.2 Å². The van der Waals surface area contributed by atoms with Crippen molar-refractivity contribution in [3.8, 4) is 5.75 Å². The molecule has 1 aromatic carbocycles. The largest absolute Gasteiger partial charge is 0.493 e. The molecule has 1 fully saturated rings. The monoisotopic (exact) mass is 415 g/mol. The fourth-order valence-corrected chi connectivity index (χ4v) is 2.75. The Labute approximate surface area is 170 Å². The van der Waals surface area contributed by atoms with E-state index in [9.17, 15) is 24.5 Å². The number of esters is 1. The van der Waals surface area contributed by atoms with Crippen LogP contribution in [0.3, 0.4) is 0 Å². The van der Waals surface area contributed by atoms with Crippen LogP contribution < -0.4 is 10.1 Å². The standard InChI is InChI=1S/C19H17N3O8/c1-3-29-15-6-4-12(22(26)27)8-11(15)9-14-17(23)21(19(25)20-14)10-13-5-7-16(30-13)18(24)28-2/h4-9H,3,10H2,1-2H3,(H,20,25). The second-order valence-corrected chi connectivity index (χ2v) is 6.05. The van der Waals surface area contributed by atoms with Crippen molar-refractivity contribution in [3.63, 3.8) is 0 Å². The smallest absolute Gasteiger partial charge is 0.373 e. The van der Waals surface area contributed by atoms with Gasteiger partial charge in [0.2, 0.25) is 5.76 Å². The number of methoxy groups -OCH3 is 1. The Balaban J connectivity index is 1.86. The van der Waals surface area contributed by atoms with Gasteiger partial charge in [0.15, 0.2) is 0 Å². The molecule has 0 saturated carbocycles. The molecule has 2 aromatic rings. The number of nitrogens with zero attached hydrogens (tertiary/aromatic N) is 2. The Bertz CT molecular complexity index is 1060. The maximum atomic E-state index is 12.7. The van der Waals surface area contributed by atoms with Gasteiger partial charge >= 0.3 is 12.0 Å². The van der Waals surface area contributed by atoms with Gasteiger partial charge in [0.1, 0.15) is 17.2 Å². The summed E-state index contributed by atoms with van der Waals surface area (Å²) in [6, 6.07) is 6.06. The molecule has 156 valence electrons. The first kappa shape index (κ1) is 20.6. The van der Waals surface area contributed by atoms with E-state index in [0.717, 1.165) is 4.90 Å². The third-order valence-electron chi connectivity index (χ3n) is 4.13. The first-order valence-electron chi connectivity index (χ1n) is 8.76. The molecule has 30 heavy (non-hydrogen) atoms. The van der Waals surface area contributed by atoms with Crippen LogP contribution >= 0.6 is 0 Å². The summed E-state index contributed by atoms with van der Waals surface area (Å²) < 4.78 is 15.3. The lowest BCUT2D eigenvalue weighted by molar-refractivity contribution is -0.384. The van der Waals surface area contributed by atoms with Gasteiger partial charge in [-0.3, -0.25) is 19.8 Å². The van der Waals surface area contributed by atoms with E-state index < -0.39 is 22.8 Å². The molecule has 1 aromatic heterocycles. The number of hydrogen-bond acceptors (Lipinski definition) is 8. The Morgan fingerprint density at radius 3 is 2.73 bits per heavy atom. The lowest BCUT2D eigenvalue weighted by atomic mass is 10.1. The number of hydrogen-bond donors (Lipinski definition) is 1. The van der Waals surface area contributed by atoms with Gasteiger partial charge in [0.25, 0.3) is 11.6 Å². The maximum Gasteiger partial charge on any atom is 0.373 e. The van der Waals surface area contributed by atoms with Crippen LogP contribution in [0.5, 0.6) is 5.75 Å². The zero-order valence-corrected chi connectivity index (χ0v) is 16.0. The highest BCUT2D eigenvalue weighted by atomic mass is 16.6. The number of nitrogens with one attached hydrogen (secondary N) is 1. The molecule has 11 heteroatoms. The molecule has 0 radical (unpaired) electrons. The van der Waals surface area contributed by atoms with Crippen molar-refractivity contribution in [1.29, 1.82) is 0 Å². The van der Waals surface area contributed by atoms with Gasteiger partial charge in [0, 0.05) is 17.7 Å². The van der Waals surface area contributed by atoms with Gasteiger partial charge in [-0.15, -0.1) is 0 Å². The van der Waals surface area contributed by atoms with Gasteiger partial charge in [-0.25, -0.2) is 9.59 Å². The van der Waals surface area contributed by atoms with Crippen LogP contribution in [0.25, 0.3) is 6.08 Å². The highest BCUT2D eigenvalue weighted by molar-refractivity contribution is 6.14. The Kier molecular flexibility index (Phi) is 5.81. The summed E-state index contributed by atoms with van der Waals surface area (Å²) in [4.78, 5) is 47.8. The second kappa shape index (κ2) is 8.47. The molecular weight excluding hydrogens is 398 g/mol. The third kappa shape index (κ3) is 4.14. The number of imide groups is 1. The molecular formula is C19H17N3O8. The minimum Gasteiger partial charge on any atom is -0.493 e. The van der Waals surface area contributed by atoms with Crippen molar-refractivity contribution < 1.29 is 33.2 Å². The van der Waals surface area contributed by atoms with Gasteiger partial charge in [-0.1, -0.05) is 0 Å². The van der Waals surface area contributed by atoms with Gasteiger partial charge in [-0.05, 0) is 31.2 Å². The first-order chi connectivity index (χ1) is 14.3. The zero-order valence-electron chi connectivity index (χ0n) is 16.0. The lowest BCUT2D eigenvalue weighted by Gasteiger charge is -2.09. The number of rotatable bonds is 7. The summed E-state index contributed by atoms with van der Waals surface area (Å²) in [6.07, 6.45) is 1.31. The van der Waals surface area contributed by atoms with Crippen LogP contribution in [0.4, 0.5) is 10.5 Å². The number of furan rings is 1. The van der Waals surface area contributed by atoms with E-state index in [4.69, 9.17) is 9.15 Å². The van der Waals surface area contributed by atoms with Crippen LogP contribution in [0.1, 0.15) is 28.8 Å². The number of nitro groups is 1. The molecule has 1 aliphatic heterocycles. The van der Waals surface area contributed by atoms with Crippen molar-refractivity contribution in [2.75, 3.05) is 13.7 Å². The highest BCUT2D eigenvalue weighted by Crippen LogP contribution is 2.28. The number of urea groups is 1. The fourth-order valence-electron chi connectivity index (χ4n) is 2.75. The number of ether oxygens (including phenoxy) is 2. The molecule has 1 aliphatic rings. The van der Waals surface area contributed by atoms with Crippen LogP contribution in [0, 0.1) is 10.1 Å². The van der Waals surface area contributed by atoms with E-state index in [-0.39, 0.29) is 35.0 Å². The Hall–Kier alpha value is -4.15.